The number of hydrogen-bond donors (Lipinski definition) is 2. The Bertz CT molecular complexity index is 422. The Labute approximate surface area is 141 Å². The lowest BCUT2D eigenvalue weighted by atomic mass is 10.3. The molecule has 6 heteroatoms. The molecule has 1 aliphatic carbocycles. The third-order valence-corrected chi connectivity index (χ3v) is 4.32. The summed E-state index contributed by atoms with van der Waals surface area (Å²) in [4.78, 5) is 5.88. The lowest BCUT2D eigenvalue weighted by Gasteiger charge is -2.10. The van der Waals surface area contributed by atoms with Gasteiger partial charge in [0.1, 0.15) is 0 Å². The predicted molar refractivity (Wildman–Crippen MR) is 95.1 cm³/mol. The van der Waals surface area contributed by atoms with E-state index in [4.69, 9.17) is 11.6 Å². The molecule has 1 aromatic heterocycles. The number of nitrogens with one attached hydrogen (secondary N) is 2. The van der Waals surface area contributed by atoms with E-state index in [0.29, 0.717) is 6.04 Å². The quantitative estimate of drug-likeness (QED) is 0.440. The van der Waals surface area contributed by atoms with Gasteiger partial charge in [0.15, 0.2) is 5.96 Å². The van der Waals surface area contributed by atoms with E-state index in [1.807, 2.05) is 6.07 Å². The summed E-state index contributed by atoms with van der Waals surface area (Å²) in [6.07, 6.45) is 2.21. The smallest absolute Gasteiger partial charge is 0.191 e. The lowest BCUT2D eigenvalue weighted by Crippen LogP contribution is -2.39. The molecule has 1 aliphatic rings. The normalized spacial score (nSPS) is 21.7. The van der Waals surface area contributed by atoms with Crippen molar-refractivity contribution in [3.8, 4) is 0 Å². The highest BCUT2D eigenvalue weighted by Crippen LogP contribution is 2.28. The Kier molecular flexibility index (Phi) is 7.46. The van der Waals surface area contributed by atoms with E-state index in [1.54, 1.807) is 11.3 Å². The zero-order chi connectivity index (χ0) is 13.0. The molecule has 1 fully saturated rings. The number of nitrogens with zero attached hydrogens (tertiary/aromatic N) is 1. The van der Waals surface area contributed by atoms with Crippen molar-refractivity contribution in [3.05, 3.63) is 21.3 Å². The van der Waals surface area contributed by atoms with Crippen LogP contribution in [0.15, 0.2) is 17.1 Å². The van der Waals surface area contributed by atoms with E-state index >= 15 is 0 Å². The molecule has 2 unspecified atom stereocenters. The lowest BCUT2D eigenvalue weighted by molar-refractivity contribution is 0.765. The fourth-order valence-electron chi connectivity index (χ4n) is 1.78. The summed E-state index contributed by atoms with van der Waals surface area (Å²) in [6, 6.07) is 4.63. The highest BCUT2D eigenvalue weighted by atomic mass is 127. The summed E-state index contributed by atoms with van der Waals surface area (Å²) < 4.78 is 0.853. The van der Waals surface area contributed by atoms with Crippen molar-refractivity contribution < 1.29 is 0 Å². The van der Waals surface area contributed by atoms with Crippen molar-refractivity contribution in [2.75, 3.05) is 13.1 Å². The number of halogens is 2. The van der Waals surface area contributed by atoms with Crippen molar-refractivity contribution >= 4 is 52.9 Å². The van der Waals surface area contributed by atoms with E-state index in [1.165, 1.54) is 11.3 Å². The van der Waals surface area contributed by atoms with Crippen LogP contribution in [0.2, 0.25) is 4.34 Å². The first-order chi connectivity index (χ1) is 8.69. The Morgan fingerprint density at radius 3 is 2.79 bits per heavy atom. The molecule has 2 N–H and O–H groups in total. The minimum atomic E-state index is 0. The molecule has 0 radical (unpaired) electrons. The van der Waals surface area contributed by atoms with Crippen molar-refractivity contribution in [2.45, 2.75) is 32.7 Å². The van der Waals surface area contributed by atoms with Crippen LogP contribution in [0.3, 0.4) is 0 Å². The van der Waals surface area contributed by atoms with Crippen LogP contribution >= 0.6 is 46.9 Å². The number of guanidine groups is 1. The Morgan fingerprint density at radius 2 is 2.26 bits per heavy atom. The maximum Gasteiger partial charge on any atom is 0.191 e. The molecule has 2 rings (SSSR count). The fraction of sp³-hybridized carbons (Fsp3) is 0.615. The molecule has 1 aromatic rings. The highest BCUT2D eigenvalue weighted by Gasteiger charge is 2.33. The topological polar surface area (TPSA) is 36.4 Å². The Hall–Kier alpha value is -0.0100. The molecule has 2 atom stereocenters. The van der Waals surface area contributed by atoms with Crippen LogP contribution in [0.25, 0.3) is 0 Å². The first-order valence-electron chi connectivity index (χ1n) is 6.48. The zero-order valence-electron chi connectivity index (χ0n) is 11.3. The average Bonchev–Trinajstić information content (AvgIpc) is 2.85. The van der Waals surface area contributed by atoms with Crippen molar-refractivity contribution in [1.82, 2.24) is 10.6 Å². The van der Waals surface area contributed by atoms with Crippen LogP contribution in [0.5, 0.6) is 0 Å². The van der Waals surface area contributed by atoms with Gasteiger partial charge >= 0.3 is 0 Å². The molecule has 0 spiro atoms. The van der Waals surface area contributed by atoms with Gasteiger partial charge in [-0.25, -0.2) is 0 Å². The van der Waals surface area contributed by atoms with Crippen LogP contribution in [-0.2, 0) is 6.42 Å². The summed E-state index contributed by atoms with van der Waals surface area (Å²) in [6.45, 7) is 6.05. The molecule has 1 saturated carbocycles. The molecule has 1 heterocycles. The monoisotopic (exact) mass is 413 g/mol. The van der Waals surface area contributed by atoms with Crippen LogP contribution in [-0.4, -0.2) is 25.1 Å². The second-order valence-electron chi connectivity index (χ2n) is 4.68. The van der Waals surface area contributed by atoms with Crippen molar-refractivity contribution in [3.63, 3.8) is 0 Å². The summed E-state index contributed by atoms with van der Waals surface area (Å²) in [7, 11) is 0. The van der Waals surface area contributed by atoms with E-state index in [-0.39, 0.29) is 24.0 Å². The van der Waals surface area contributed by atoms with Gasteiger partial charge in [0, 0.05) is 30.4 Å². The minimum Gasteiger partial charge on any atom is -0.357 e. The molecule has 0 aromatic carbocycles. The third-order valence-electron chi connectivity index (χ3n) is 3.03. The molecule has 108 valence electrons. The summed E-state index contributed by atoms with van der Waals surface area (Å²) >= 11 is 7.54. The summed E-state index contributed by atoms with van der Waals surface area (Å²) in [5, 5.41) is 6.73. The van der Waals surface area contributed by atoms with E-state index in [2.05, 4.69) is 35.5 Å². The van der Waals surface area contributed by atoms with E-state index < -0.39 is 0 Å². The van der Waals surface area contributed by atoms with Gasteiger partial charge in [-0.15, -0.1) is 35.3 Å². The molecule has 0 bridgehead atoms. The number of rotatable bonds is 5. The van der Waals surface area contributed by atoms with Gasteiger partial charge < -0.3 is 10.6 Å². The van der Waals surface area contributed by atoms with E-state index in [0.717, 1.165) is 35.7 Å². The van der Waals surface area contributed by atoms with Crippen LogP contribution < -0.4 is 10.6 Å². The maximum atomic E-state index is 5.90. The first kappa shape index (κ1) is 17.0. The van der Waals surface area contributed by atoms with E-state index in [9.17, 15) is 0 Å². The first-order valence-corrected chi connectivity index (χ1v) is 7.67. The molecule has 0 amide bonds. The van der Waals surface area contributed by atoms with Gasteiger partial charge in [-0.05, 0) is 31.4 Å². The average molecular weight is 414 g/mol. The highest BCUT2D eigenvalue weighted by molar-refractivity contribution is 14.0. The van der Waals surface area contributed by atoms with Crippen LogP contribution in [0.1, 0.15) is 25.1 Å². The second kappa shape index (κ2) is 8.32. The largest absolute Gasteiger partial charge is 0.357 e. The fourth-order valence-corrected chi connectivity index (χ4v) is 2.86. The predicted octanol–water partition coefficient (Wildman–Crippen LogP) is 3.53. The molecule has 19 heavy (non-hydrogen) atoms. The minimum absolute atomic E-state index is 0. The molecule has 0 saturated heterocycles. The maximum absolute atomic E-state index is 5.90. The molecular formula is C13H21ClIN3S. The van der Waals surface area contributed by atoms with Crippen LogP contribution in [0.4, 0.5) is 0 Å². The van der Waals surface area contributed by atoms with Gasteiger partial charge in [-0.3, -0.25) is 4.99 Å². The third kappa shape index (κ3) is 5.87. The van der Waals surface area contributed by atoms with Crippen LogP contribution in [0, 0.1) is 5.92 Å². The van der Waals surface area contributed by atoms with Crippen molar-refractivity contribution in [2.24, 2.45) is 10.9 Å². The number of hydrogen-bond acceptors (Lipinski definition) is 2. The van der Waals surface area contributed by atoms with Gasteiger partial charge in [0.05, 0.1) is 4.34 Å². The summed E-state index contributed by atoms with van der Waals surface area (Å²) in [5.74, 6) is 1.72. The Morgan fingerprint density at radius 1 is 1.53 bits per heavy atom. The second-order valence-corrected chi connectivity index (χ2v) is 6.48. The number of aliphatic imine (C=N–C) groups is 1. The molecular weight excluding hydrogens is 393 g/mol. The van der Waals surface area contributed by atoms with Gasteiger partial charge in [0.25, 0.3) is 0 Å². The van der Waals surface area contributed by atoms with Gasteiger partial charge in [-0.1, -0.05) is 18.5 Å². The molecule has 3 nitrogen and oxygen atoms in total. The van der Waals surface area contributed by atoms with Crippen molar-refractivity contribution in [1.29, 1.82) is 0 Å². The van der Waals surface area contributed by atoms with Gasteiger partial charge in [0.2, 0.25) is 0 Å². The Balaban J connectivity index is 0.00000180. The van der Waals surface area contributed by atoms with Gasteiger partial charge in [-0.2, -0.15) is 0 Å². The molecule has 0 aliphatic heterocycles. The standard InChI is InChI=1S/C13H20ClN3S.HI/c1-3-15-13(17-11-8-9(11)2)16-7-6-10-4-5-12(14)18-10;/h4-5,9,11H,3,6-8H2,1-2H3,(H2,15,16,17);1H. The number of thiophene rings is 1. The SMILES string of the molecule is CCNC(=NCCc1ccc(Cl)s1)NC1CC1C.I. The summed E-state index contributed by atoms with van der Waals surface area (Å²) in [5.41, 5.74) is 0. The zero-order valence-corrected chi connectivity index (χ0v) is 15.2.